The summed E-state index contributed by atoms with van der Waals surface area (Å²) in [6.45, 7) is 4.37. The van der Waals surface area contributed by atoms with Gasteiger partial charge in [-0.2, -0.15) is 0 Å². The van der Waals surface area contributed by atoms with Crippen molar-refractivity contribution in [2.45, 2.75) is 19.9 Å². The van der Waals surface area contributed by atoms with Gasteiger partial charge in [-0.05, 0) is 50.7 Å². The number of rotatable bonds is 6. The number of carbonyl (C=O) groups is 2. The van der Waals surface area contributed by atoms with Gasteiger partial charge in [0.15, 0.2) is 5.76 Å². The normalized spacial score (nSPS) is 11.3. The van der Waals surface area contributed by atoms with Crippen molar-refractivity contribution in [2.75, 3.05) is 18.9 Å². The fraction of sp³-hybridized carbons (Fsp3) is 0.294. The van der Waals surface area contributed by atoms with E-state index >= 15 is 0 Å². The molecule has 24 heavy (non-hydrogen) atoms. The van der Waals surface area contributed by atoms with Gasteiger partial charge in [0.25, 0.3) is 11.8 Å². The van der Waals surface area contributed by atoms with Crippen LogP contribution in [0.5, 0.6) is 0 Å². The third kappa shape index (κ3) is 5.11. The maximum Gasteiger partial charge on any atom is 0.291 e. The summed E-state index contributed by atoms with van der Waals surface area (Å²) in [4.78, 5) is 24.2. The first kappa shape index (κ1) is 19.7. The molecule has 0 bridgehead atoms. The maximum atomic E-state index is 12.2. The SMILES string of the molecule is CNC(C)CNC(=O)c1ccc(C)c(NC(=O)c2ccco2)c1.Cl. The lowest BCUT2D eigenvalue weighted by atomic mass is 10.1. The third-order valence-electron chi connectivity index (χ3n) is 3.55. The largest absolute Gasteiger partial charge is 0.459 e. The van der Waals surface area contributed by atoms with E-state index < -0.39 is 0 Å². The number of aryl methyl sites for hydroxylation is 1. The van der Waals surface area contributed by atoms with Crippen LogP contribution in [0.25, 0.3) is 0 Å². The first-order valence-electron chi connectivity index (χ1n) is 7.42. The topological polar surface area (TPSA) is 83.4 Å². The van der Waals surface area contributed by atoms with Crippen LogP contribution in [-0.2, 0) is 0 Å². The van der Waals surface area contributed by atoms with Crippen molar-refractivity contribution >= 4 is 29.9 Å². The van der Waals surface area contributed by atoms with E-state index in [9.17, 15) is 9.59 Å². The summed E-state index contributed by atoms with van der Waals surface area (Å²) in [5.41, 5.74) is 1.94. The number of carbonyl (C=O) groups excluding carboxylic acids is 2. The number of hydrogen-bond donors (Lipinski definition) is 3. The zero-order valence-electron chi connectivity index (χ0n) is 13.9. The van der Waals surface area contributed by atoms with Gasteiger partial charge >= 0.3 is 0 Å². The van der Waals surface area contributed by atoms with Gasteiger partial charge < -0.3 is 20.4 Å². The highest BCUT2D eigenvalue weighted by Crippen LogP contribution is 2.18. The monoisotopic (exact) mass is 351 g/mol. The number of anilines is 1. The Kier molecular flexibility index (Phi) is 7.48. The van der Waals surface area contributed by atoms with Crippen molar-refractivity contribution in [1.82, 2.24) is 10.6 Å². The second-order valence-electron chi connectivity index (χ2n) is 5.36. The standard InChI is InChI=1S/C17H21N3O3.ClH/c1-11-6-7-13(16(21)19-10-12(2)18-3)9-14(11)20-17(22)15-5-4-8-23-15;/h4-9,12,18H,10H2,1-3H3,(H,19,21)(H,20,22);1H. The van der Waals surface area contributed by atoms with E-state index in [1.807, 2.05) is 20.9 Å². The average molecular weight is 352 g/mol. The van der Waals surface area contributed by atoms with Crippen LogP contribution in [0, 0.1) is 6.92 Å². The molecule has 2 amide bonds. The predicted molar refractivity (Wildman–Crippen MR) is 95.9 cm³/mol. The molecular weight excluding hydrogens is 330 g/mol. The Morgan fingerprint density at radius 1 is 1.21 bits per heavy atom. The van der Waals surface area contributed by atoms with Crippen molar-refractivity contribution in [3.8, 4) is 0 Å². The van der Waals surface area contributed by atoms with Gasteiger partial charge in [0, 0.05) is 23.8 Å². The minimum Gasteiger partial charge on any atom is -0.459 e. The number of benzene rings is 1. The molecule has 1 heterocycles. The van der Waals surface area contributed by atoms with Crippen LogP contribution in [0.3, 0.4) is 0 Å². The molecule has 2 rings (SSSR count). The number of nitrogens with one attached hydrogen (secondary N) is 3. The Morgan fingerprint density at radius 3 is 2.58 bits per heavy atom. The highest BCUT2D eigenvalue weighted by Gasteiger charge is 2.13. The lowest BCUT2D eigenvalue weighted by molar-refractivity contribution is 0.0948. The van der Waals surface area contributed by atoms with Crippen molar-refractivity contribution in [3.63, 3.8) is 0 Å². The van der Waals surface area contributed by atoms with Gasteiger partial charge in [0.2, 0.25) is 0 Å². The van der Waals surface area contributed by atoms with Crippen LogP contribution in [-0.4, -0.2) is 31.4 Å². The summed E-state index contributed by atoms with van der Waals surface area (Å²) in [5.74, 6) is -0.304. The fourth-order valence-corrected chi connectivity index (χ4v) is 1.94. The number of furan rings is 1. The predicted octanol–water partition coefficient (Wildman–Crippen LogP) is 2.60. The lowest BCUT2D eigenvalue weighted by Crippen LogP contribution is -2.37. The smallest absolute Gasteiger partial charge is 0.291 e. The Morgan fingerprint density at radius 2 is 1.96 bits per heavy atom. The molecule has 0 aliphatic rings. The minimum atomic E-state index is -0.348. The van der Waals surface area contributed by atoms with Crippen molar-refractivity contribution in [1.29, 1.82) is 0 Å². The van der Waals surface area contributed by atoms with E-state index in [0.29, 0.717) is 17.8 Å². The Labute approximate surface area is 147 Å². The quantitative estimate of drug-likeness (QED) is 0.747. The highest BCUT2D eigenvalue weighted by atomic mass is 35.5. The first-order chi connectivity index (χ1) is 11.0. The minimum absolute atomic E-state index is 0. The van der Waals surface area contributed by atoms with E-state index in [2.05, 4.69) is 16.0 Å². The van der Waals surface area contributed by atoms with Crippen LogP contribution in [0.2, 0.25) is 0 Å². The van der Waals surface area contributed by atoms with Gasteiger partial charge in [-0.15, -0.1) is 12.4 Å². The molecule has 3 N–H and O–H groups in total. The van der Waals surface area contributed by atoms with Gasteiger partial charge in [-0.25, -0.2) is 0 Å². The molecule has 0 aliphatic carbocycles. The average Bonchev–Trinajstić information content (AvgIpc) is 3.08. The van der Waals surface area contributed by atoms with Crippen LogP contribution in [0.15, 0.2) is 41.0 Å². The summed E-state index contributed by atoms with van der Waals surface area (Å²) in [5, 5.41) is 8.66. The van der Waals surface area contributed by atoms with Crippen LogP contribution in [0.1, 0.15) is 33.4 Å². The molecule has 1 unspecified atom stereocenters. The molecule has 2 aromatic rings. The maximum absolute atomic E-state index is 12.2. The summed E-state index contributed by atoms with van der Waals surface area (Å²) >= 11 is 0. The Bertz CT molecular complexity index is 686. The van der Waals surface area contributed by atoms with Crippen LogP contribution in [0.4, 0.5) is 5.69 Å². The van der Waals surface area contributed by atoms with Gasteiger partial charge in [-0.1, -0.05) is 6.07 Å². The Balaban J connectivity index is 0.00000288. The zero-order chi connectivity index (χ0) is 16.8. The summed E-state index contributed by atoms with van der Waals surface area (Å²) in [7, 11) is 1.84. The van der Waals surface area contributed by atoms with Crippen molar-refractivity contribution in [2.24, 2.45) is 0 Å². The molecule has 1 aromatic heterocycles. The molecule has 130 valence electrons. The van der Waals surface area contributed by atoms with Crippen molar-refractivity contribution < 1.29 is 14.0 Å². The molecule has 0 saturated heterocycles. The second kappa shape index (κ2) is 9.10. The first-order valence-corrected chi connectivity index (χ1v) is 7.42. The van der Waals surface area contributed by atoms with Crippen molar-refractivity contribution in [3.05, 3.63) is 53.5 Å². The number of halogens is 1. The molecule has 1 aromatic carbocycles. The molecule has 6 nitrogen and oxygen atoms in total. The van der Waals surface area contributed by atoms with Gasteiger partial charge in [0.05, 0.1) is 6.26 Å². The summed E-state index contributed by atoms with van der Waals surface area (Å²) in [6, 6.07) is 8.61. The lowest BCUT2D eigenvalue weighted by Gasteiger charge is -2.13. The Hall–Kier alpha value is -2.31. The molecule has 0 radical (unpaired) electrons. The number of amides is 2. The van der Waals surface area contributed by atoms with E-state index in [1.165, 1.54) is 6.26 Å². The molecule has 7 heteroatoms. The van der Waals surface area contributed by atoms with E-state index in [0.717, 1.165) is 5.56 Å². The second-order valence-corrected chi connectivity index (χ2v) is 5.36. The van der Waals surface area contributed by atoms with E-state index in [4.69, 9.17) is 4.42 Å². The molecular formula is C17H22ClN3O3. The number of hydrogen-bond acceptors (Lipinski definition) is 4. The third-order valence-corrected chi connectivity index (χ3v) is 3.55. The molecule has 0 fully saturated rings. The van der Waals surface area contributed by atoms with Crippen LogP contribution >= 0.6 is 12.4 Å². The molecule has 1 atom stereocenters. The van der Waals surface area contributed by atoms with E-state index in [-0.39, 0.29) is 36.0 Å². The highest BCUT2D eigenvalue weighted by molar-refractivity contribution is 6.03. The summed E-state index contributed by atoms with van der Waals surface area (Å²) < 4.78 is 5.06. The van der Waals surface area contributed by atoms with Gasteiger partial charge in [-0.3, -0.25) is 9.59 Å². The van der Waals surface area contributed by atoms with E-state index in [1.54, 1.807) is 30.3 Å². The number of likely N-dealkylation sites (N-methyl/N-ethyl adjacent to an activating group) is 1. The zero-order valence-corrected chi connectivity index (χ0v) is 14.7. The summed E-state index contributed by atoms with van der Waals surface area (Å²) in [6.07, 6.45) is 1.44. The van der Waals surface area contributed by atoms with Crippen LogP contribution < -0.4 is 16.0 Å². The fourth-order valence-electron chi connectivity index (χ4n) is 1.94. The molecule has 0 spiro atoms. The molecule has 0 aliphatic heterocycles. The molecule has 0 saturated carbocycles. The van der Waals surface area contributed by atoms with Gasteiger partial charge in [0.1, 0.15) is 0 Å².